The highest BCUT2D eigenvalue weighted by Crippen LogP contribution is 2.25. The number of aromatic nitrogens is 2. The summed E-state index contributed by atoms with van der Waals surface area (Å²) >= 11 is 0. The van der Waals surface area contributed by atoms with Crippen LogP contribution in [0, 0.1) is 12.7 Å². The van der Waals surface area contributed by atoms with E-state index in [-0.39, 0.29) is 23.9 Å². The van der Waals surface area contributed by atoms with Crippen LogP contribution in [0.5, 0.6) is 5.75 Å². The van der Waals surface area contributed by atoms with Crippen molar-refractivity contribution >= 4 is 11.8 Å². The molecule has 0 atom stereocenters. The molecular formula is C14H16FN3O3. The van der Waals surface area contributed by atoms with Crippen LogP contribution < -0.4 is 10.5 Å². The number of nitrogen functional groups attached to an aromatic ring is 1. The van der Waals surface area contributed by atoms with Gasteiger partial charge in [-0.05, 0) is 26.0 Å². The van der Waals surface area contributed by atoms with E-state index in [0.29, 0.717) is 11.5 Å². The van der Waals surface area contributed by atoms with Crippen molar-refractivity contribution in [2.24, 2.45) is 0 Å². The van der Waals surface area contributed by atoms with Crippen LogP contribution in [0.15, 0.2) is 18.2 Å². The van der Waals surface area contributed by atoms with E-state index in [2.05, 4.69) is 4.98 Å². The van der Waals surface area contributed by atoms with Crippen molar-refractivity contribution in [3.63, 3.8) is 0 Å². The van der Waals surface area contributed by atoms with E-state index < -0.39 is 11.8 Å². The van der Waals surface area contributed by atoms with Gasteiger partial charge in [0.25, 0.3) is 0 Å². The second-order valence-electron chi connectivity index (χ2n) is 4.27. The number of imidazole rings is 1. The highest BCUT2D eigenvalue weighted by Gasteiger charge is 2.21. The molecule has 0 aliphatic rings. The molecule has 0 spiro atoms. The first-order chi connectivity index (χ1) is 9.99. The molecule has 2 N–H and O–H groups in total. The molecule has 0 amide bonds. The van der Waals surface area contributed by atoms with Crippen molar-refractivity contribution in [1.82, 2.24) is 9.55 Å². The van der Waals surface area contributed by atoms with E-state index in [9.17, 15) is 9.18 Å². The van der Waals surface area contributed by atoms with Gasteiger partial charge in [-0.2, -0.15) is 0 Å². The van der Waals surface area contributed by atoms with E-state index in [1.54, 1.807) is 19.9 Å². The Morgan fingerprint density at radius 1 is 1.48 bits per heavy atom. The molecular weight excluding hydrogens is 277 g/mol. The summed E-state index contributed by atoms with van der Waals surface area (Å²) in [6.45, 7) is 3.58. The maximum Gasteiger partial charge on any atom is 0.360 e. The monoisotopic (exact) mass is 293 g/mol. The number of carbonyl (C=O) groups excluding carboxylic acids is 1. The Labute approximate surface area is 121 Å². The van der Waals surface area contributed by atoms with Gasteiger partial charge in [0.15, 0.2) is 17.3 Å². The zero-order valence-corrected chi connectivity index (χ0v) is 12.0. The summed E-state index contributed by atoms with van der Waals surface area (Å²) in [5.41, 5.74) is 6.40. The molecule has 21 heavy (non-hydrogen) atoms. The number of benzene rings is 1. The maximum absolute atomic E-state index is 13.8. The second kappa shape index (κ2) is 5.82. The number of nitrogens with zero attached hydrogens (tertiary/aromatic N) is 2. The van der Waals surface area contributed by atoms with Crippen molar-refractivity contribution in [1.29, 1.82) is 0 Å². The number of aryl methyl sites for hydroxylation is 1. The van der Waals surface area contributed by atoms with Crippen molar-refractivity contribution in [3.8, 4) is 11.4 Å². The Morgan fingerprint density at radius 2 is 2.19 bits per heavy atom. The number of hydrogen-bond donors (Lipinski definition) is 1. The van der Waals surface area contributed by atoms with E-state index in [1.807, 2.05) is 0 Å². The van der Waals surface area contributed by atoms with E-state index in [1.165, 1.54) is 23.8 Å². The molecule has 6 nitrogen and oxygen atoms in total. The van der Waals surface area contributed by atoms with E-state index >= 15 is 0 Å². The standard InChI is InChI=1S/C14H16FN3O3/c1-4-21-14(19)12-13(16)18(8(2)17-12)9-5-6-11(20-3)10(15)7-9/h5-7H,4,16H2,1-3H3. The fourth-order valence-electron chi connectivity index (χ4n) is 2.02. The molecule has 1 aromatic carbocycles. The predicted molar refractivity (Wildman–Crippen MR) is 75.2 cm³/mol. The lowest BCUT2D eigenvalue weighted by atomic mass is 10.2. The van der Waals surface area contributed by atoms with Gasteiger partial charge in [0.05, 0.1) is 19.4 Å². The first-order valence-electron chi connectivity index (χ1n) is 6.35. The van der Waals surface area contributed by atoms with Crippen LogP contribution in [-0.2, 0) is 4.74 Å². The van der Waals surface area contributed by atoms with Crippen LogP contribution in [0.2, 0.25) is 0 Å². The molecule has 112 valence electrons. The lowest BCUT2D eigenvalue weighted by Gasteiger charge is -2.09. The number of hydrogen-bond acceptors (Lipinski definition) is 5. The Hall–Kier alpha value is -2.57. The average Bonchev–Trinajstić information content (AvgIpc) is 2.74. The van der Waals surface area contributed by atoms with Crippen molar-refractivity contribution < 1.29 is 18.7 Å². The van der Waals surface area contributed by atoms with Gasteiger partial charge < -0.3 is 15.2 Å². The first-order valence-corrected chi connectivity index (χ1v) is 6.35. The Bertz CT molecular complexity index is 682. The molecule has 1 heterocycles. The minimum Gasteiger partial charge on any atom is -0.494 e. The summed E-state index contributed by atoms with van der Waals surface area (Å²) in [4.78, 5) is 15.8. The first kappa shape index (κ1) is 14.8. The van der Waals surface area contributed by atoms with Crippen molar-refractivity contribution in [2.45, 2.75) is 13.8 Å². The van der Waals surface area contributed by atoms with Gasteiger partial charge in [-0.15, -0.1) is 0 Å². The minimum atomic E-state index is -0.606. The maximum atomic E-state index is 13.8. The molecule has 0 bridgehead atoms. The molecule has 2 rings (SSSR count). The van der Waals surface area contributed by atoms with Crippen LogP contribution in [0.4, 0.5) is 10.2 Å². The number of ether oxygens (including phenoxy) is 2. The Morgan fingerprint density at radius 3 is 2.76 bits per heavy atom. The molecule has 0 radical (unpaired) electrons. The molecule has 0 saturated carbocycles. The van der Waals surface area contributed by atoms with Gasteiger partial charge >= 0.3 is 5.97 Å². The molecule has 0 aliphatic carbocycles. The van der Waals surface area contributed by atoms with Crippen LogP contribution in [0.3, 0.4) is 0 Å². The largest absolute Gasteiger partial charge is 0.494 e. The second-order valence-corrected chi connectivity index (χ2v) is 4.27. The van der Waals surface area contributed by atoms with Gasteiger partial charge in [-0.25, -0.2) is 14.2 Å². The third-order valence-electron chi connectivity index (χ3n) is 2.94. The number of anilines is 1. The van der Waals surface area contributed by atoms with Crippen LogP contribution >= 0.6 is 0 Å². The summed E-state index contributed by atoms with van der Waals surface area (Å²) in [6, 6.07) is 4.37. The lowest BCUT2D eigenvalue weighted by molar-refractivity contribution is 0.0521. The topological polar surface area (TPSA) is 79.4 Å². The summed E-state index contributed by atoms with van der Waals surface area (Å²) in [7, 11) is 1.38. The van der Waals surface area contributed by atoms with E-state index in [0.717, 1.165) is 0 Å². The summed E-state index contributed by atoms with van der Waals surface area (Å²) in [6.07, 6.45) is 0. The SMILES string of the molecule is CCOC(=O)c1nc(C)n(-c2ccc(OC)c(F)c2)c1N. The van der Waals surface area contributed by atoms with Gasteiger partial charge in [-0.3, -0.25) is 4.57 Å². The Balaban J connectivity index is 2.50. The van der Waals surface area contributed by atoms with Gasteiger partial charge in [0.2, 0.25) is 0 Å². The molecule has 7 heteroatoms. The zero-order chi connectivity index (χ0) is 15.6. The molecule has 1 aromatic heterocycles. The van der Waals surface area contributed by atoms with Gasteiger partial charge in [0, 0.05) is 6.07 Å². The summed E-state index contributed by atoms with van der Waals surface area (Å²) in [5.74, 6) is -0.442. The summed E-state index contributed by atoms with van der Waals surface area (Å²) < 4.78 is 25.0. The average molecular weight is 293 g/mol. The number of esters is 1. The fraction of sp³-hybridized carbons (Fsp3) is 0.286. The number of nitrogens with two attached hydrogens (primary N) is 1. The third kappa shape index (κ3) is 2.67. The van der Waals surface area contributed by atoms with Crippen molar-refractivity contribution in [3.05, 3.63) is 35.5 Å². The minimum absolute atomic E-state index is 0.0191. The molecule has 0 fully saturated rings. The zero-order valence-electron chi connectivity index (χ0n) is 12.0. The van der Waals surface area contributed by atoms with Crippen LogP contribution in [0.25, 0.3) is 5.69 Å². The summed E-state index contributed by atoms with van der Waals surface area (Å²) in [5, 5.41) is 0. The smallest absolute Gasteiger partial charge is 0.360 e. The van der Waals surface area contributed by atoms with Gasteiger partial charge in [0.1, 0.15) is 11.6 Å². The van der Waals surface area contributed by atoms with Crippen molar-refractivity contribution in [2.75, 3.05) is 19.5 Å². The third-order valence-corrected chi connectivity index (χ3v) is 2.94. The number of rotatable bonds is 4. The Kier molecular flexibility index (Phi) is 4.11. The highest BCUT2D eigenvalue weighted by molar-refractivity contribution is 5.92. The molecule has 2 aromatic rings. The van der Waals surface area contributed by atoms with Gasteiger partial charge in [-0.1, -0.05) is 0 Å². The quantitative estimate of drug-likeness (QED) is 0.873. The molecule has 0 unspecified atom stereocenters. The van der Waals surface area contributed by atoms with E-state index in [4.69, 9.17) is 15.2 Å². The number of halogens is 1. The number of methoxy groups -OCH3 is 1. The lowest BCUT2D eigenvalue weighted by Crippen LogP contribution is -2.09. The van der Waals surface area contributed by atoms with Crippen LogP contribution in [-0.4, -0.2) is 29.2 Å². The fourth-order valence-corrected chi connectivity index (χ4v) is 2.02. The predicted octanol–water partition coefficient (Wildman–Crippen LogP) is 2.09. The highest BCUT2D eigenvalue weighted by atomic mass is 19.1. The van der Waals surface area contributed by atoms with Crippen LogP contribution in [0.1, 0.15) is 23.2 Å². The normalized spacial score (nSPS) is 10.5. The molecule has 0 saturated heterocycles. The molecule has 0 aliphatic heterocycles. The number of carbonyl (C=O) groups is 1.